The van der Waals surface area contributed by atoms with Gasteiger partial charge in [-0.05, 0) is 44.7 Å². The number of aliphatic hydroxyl groups excluding tert-OH is 1. The normalized spacial score (nSPS) is 24.4. The maximum Gasteiger partial charge on any atom is 0.262 e. The van der Waals surface area contributed by atoms with E-state index in [0.717, 1.165) is 20.7 Å². The molecular weight excluding hydrogens is 645 g/mol. The molecule has 0 bridgehead atoms. The highest BCUT2D eigenvalue weighted by Crippen LogP contribution is 2.46. The lowest BCUT2D eigenvalue weighted by Gasteiger charge is -2.50. The monoisotopic (exact) mass is 694 g/mol. The Hall–Kier alpha value is -3.22. The van der Waals surface area contributed by atoms with Crippen molar-refractivity contribution in [3.8, 4) is 0 Å². The zero-order valence-electron chi connectivity index (χ0n) is 29.9. The van der Waals surface area contributed by atoms with Gasteiger partial charge in [-0.2, -0.15) is 0 Å². The molecule has 1 saturated carbocycles. The van der Waals surface area contributed by atoms with Gasteiger partial charge in [0, 0.05) is 0 Å². The van der Waals surface area contributed by atoms with Crippen LogP contribution in [0.2, 0.25) is 10.1 Å². The molecule has 2 aliphatic rings. The Morgan fingerprint density at radius 3 is 1.24 bits per heavy atom. The average molecular weight is 695 g/mol. The second kappa shape index (κ2) is 13.2. The van der Waals surface area contributed by atoms with Gasteiger partial charge in [0.05, 0.1) is 0 Å². The number of Topliss-reactive ketones (excluding diaryl/α,β-unsaturated/α-hetero) is 1. The fourth-order valence-corrected chi connectivity index (χ4v) is 17.3. The smallest absolute Gasteiger partial charge is 0.262 e. The molecule has 1 heterocycles. The number of hydrogen-bond donors (Lipinski definition) is 1. The molecule has 8 heteroatoms. The van der Waals surface area contributed by atoms with Crippen molar-refractivity contribution < 1.29 is 28.2 Å². The van der Waals surface area contributed by atoms with E-state index in [-0.39, 0.29) is 5.04 Å². The summed E-state index contributed by atoms with van der Waals surface area (Å²) < 4.78 is 28.1. The quantitative estimate of drug-likeness (QED) is 0.251. The van der Waals surface area contributed by atoms with Gasteiger partial charge in [-0.15, -0.1) is 0 Å². The highest BCUT2D eigenvalue weighted by atomic mass is 28.4. The largest absolute Gasteiger partial charge is 0.399 e. The van der Waals surface area contributed by atoms with Crippen molar-refractivity contribution in [2.75, 3.05) is 0 Å². The first-order chi connectivity index (χ1) is 23.1. The van der Waals surface area contributed by atoms with Gasteiger partial charge in [0.15, 0.2) is 11.6 Å². The Kier molecular flexibility index (Phi) is 9.56. The molecule has 4 aromatic carbocycles. The Bertz CT molecular complexity index is 1640. The van der Waals surface area contributed by atoms with Gasteiger partial charge in [0.25, 0.3) is 16.6 Å². The van der Waals surface area contributed by atoms with E-state index in [1.54, 1.807) is 0 Å². The Labute approximate surface area is 293 Å². The van der Waals surface area contributed by atoms with Crippen LogP contribution in [0.25, 0.3) is 0 Å². The van der Waals surface area contributed by atoms with Gasteiger partial charge in [-0.1, -0.05) is 163 Å². The van der Waals surface area contributed by atoms with Gasteiger partial charge in [-0.3, -0.25) is 4.79 Å². The Morgan fingerprint density at radius 2 is 0.898 bits per heavy atom. The summed E-state index contributed by atoms with van der Waals surface area (Å²) in [5.74, 6) is -1.49. The Morgan fingerprint density at radius 1 is 0.571 bits per heavy atom. The summed E-state index contributed by atoms with van der Waals surface area (Å²) >= 11 is 0. The molecule has 1 N–H and O–H groups in total. The minimum Gasteiger partial charge on any atom is -0.399 e. The minimum absolute atomic E-state index is 0.384. The lowest BCUT2D eigenvalue weighted by atomic mass is 9.86. The number of rotatable bonds is 8. The molecule has 4 aromatic rings. The molecule has 5 atom stereocenters. The van der Waals surface area contributed by atoms with Crippen molar-refractivity contribution in [1.29, 1.82) is 0 Å². The van der Waals surface area contributed by atoms with E-state index >= 15 is 0 Å². The van der Waals surface area contributed by atoms with Gasteiger partial charge in [0.2, 0.25) is 0 Å². The van der Waals surface area contributed by atoms with Crippen LogP contribution >= 0.6 is 0 Å². The number of hydrogen-bond acceptors (Lipinski definition) is 6. The summed E-state index contributed by atoms with van der Waals surface area (Å²) in [5.41, 5.74) is 0. The first-order valence-corrected chi connectivity index (χ1v) is 21.1. The fourth-order valence-electron chi connectivity index (χ4n) is 8.01. The third-order valence-electron chi connectivity index (χ3n) is 10.1. The van der Waals surface area contributed by atoms with Gasteiger partial charge >= 0.3 is 0 Å². The summed E-state index contributed by atoms with van der Waals surface area (Å²) in [4.78, 5) is 14.8. The van der Waals surface area contributed by atoms with Crippen LogP contribution in [0, 0.1) is 0 Å². The number of benzene rings is 4. The van der Waals surface area contributed by atoms with Gasteiger partial charge in [0.1, 0.15) is 30.5 Å². The van der Waals surface area contributed by atoms with Crippen LogP contribution in [0.3, 0.4) is 0 Å². The van der Waals surface area contributed by atoms with Crippen molar-refractivity contribution in [2.24, 2.45) is 0 Å². The van der Waals surface area contributed by atoms with Crippen molar-refractivity contribution in [1.82, 2.24) is 0 Å². The zero-order chi connectivity index (χ0) is 35.2. The molecule has 1 saturated heterocycles. The van der Waals surface area contributed by atoms with Crippen LogP contribution < -0.4 is 20.7 Å². The van der Waals surface area contributed by atoms with E-state index in [0.29, 0.717) is 0 Å². The lowest BCUT2D eigenvalue weighted by Crippen LogP contribution is -2.74. The first-order valence-electron chi connectivity index (χ1n) is 17.3. The van der Waals surface area contributed by atoms with Crippen LogP contribution in [0.1, 0.15) is 55.4 Å². The number of ketones is 1. The molecule has 0 radical (unpaired) electrons. The zero-order valence-corrected chi connectivity index (χ0v) is 31.9. The van der Waals surface area contributed by atoms with Crippen LogP contribution in [-0.4, -0.2) is 63.8 Å². The fraction of sp³-hybridized carbons (Fsp3) is 0.390. The third-order valence-corrected chi connectivity index (χ3v) is 20.2. The molecule has 1 aliphatic carbocycles. The first kappa shape index (κ1) is 35.6. The predicted octanol–water partition coefficient (Wildman–Crippen LogP) is 5.34. The summed E-state index contributed by atoms with van der Waals surface area (Å²) in [6.07, 6.45) is -5.18. The second-order valence-corrected chi connectivity index (χ2v) is 24.4. The summed E-state index contributed by atoms with van der Waals surface area (Å²) in [7, 11) is -6.42. The van der Waals surface area contributed by atoms with Crippen molar-refractivity contribution >= 4 is 43.2 Å². The van der Waals surface area contributed by atoms with Crippen LogP contribution in [0.4, 0.5) is 0 Å². The summed E-state index contributed by atoms with van der Waals surface area (Å²) in [5, 5.41) is 15.6. The number of ether oxygens (including phenoxy) is 2. The molecule has 6 nitrogen and oxygen atoms in total. The van der Waals surface area contributed by atoms with Crippen LogP contribution in [0.15, 0.2) is 121 Å². The molecule has 6 rings (SSSR count). The second-order valence-electron chi connectivity index (χ2n) is 15.9. The van der Waals surface area contributed by atoms with Gasteiger partial charge < -0.3 is 23.4 Å². The average Bonchev–Trinajstić information content (AvgIpc) is 3.40. The number of aliphatic hydroxyl groups is 1. The van der Waals surface area contributed by atoms with Gasteiger partial charge in [-0.25, -0.2) is 0 Å². The lowest BCUT2D eigenvalue weighted by molar-refractivity contribution is -0.163. The standard InChI is InChI=1S/C41H50O6Si2/c1-39(2,3)48(29-21-13-9-14-22-29,30-23-15-10-16-24-30)46-35-33(42)34(43)36(38-37(35)44-41(7,8)45-38)47-49(40(4,5)6,31-25-17-11-18-26-31)32-27-19-12-20-28-32/h9-28,33,35-38,42H,1-8H3/t33-,35-,36+,37-,38-/m0/s1. The Balaban J connectivity index is 1.50. The number of carbonyl (C=O) groups is 1. The van der Waals surface area contributed by atoms with Crippen molar-refractivity contribution in [2.45, 2.75) is 102 Å². The highest BCUT2D eigenvalue weighted by molar-refractivity contribution is 7.00. The molecular formula is C41H50O6Si2. The maximum absolute atomic E-state index is 14.8. The van der Waals surface area contributed by atoms with Crippen LogP contribution in [-0.2, 0) is 23.1 Å². The minimum atomic E-state index is -3.22. The predicted molar refractivity (Wildman–Crippen MR) is 200 cm³/mol. The van der Waals surface area contributed by atoms with Crippen molar-refractivity contribution in [3.63, 3.8) is 0 Å². The molecule has 258 valence electrons. The SMILES string of the molecule is CC1(C)O[C@@H]2[C@@H](O1)[C@H](O[Si](c1ccccc1)(c1ccccc1)C(C)(C)C)C(=O)[C@H](O)[C@@H]2O[Si](c1ccccc1)(c1ccccc1)C(C)(C)C. The molecule has 1 aliphatic heterocycles. The van der Waals surface area contributed by atoms with Crippen molar-refractivity contribution in [3.05, 3.63) is 121 Å². The molecule has 0 unspecified atom stereocenters. The molecule has 0 aromatic heterocycles. The van der Waals surface area contributed by atoms with E-state index in [9.17, 15) is 9.90 Å². The number of carbonyl (C=O) groups excluding carboxylic acids is 1. The maximum atomic E-state index is 14.8. The van der Waals surface area contributed by atoms with E-state index in [1.807, 2.05) is 86.6 Å². The topological polar surface area (TPSA) is 74.2 Å². The molecule has 0 spiro atoms. The summed E-state index contributed by atoms with van der Waals surface area (Å²) in [6.45, 7) is 16.8. The highest BCUT2D eigenvalue weighted by Gasteiger charge is 2.64. The number of fused-ring (bicyclic) bond motifs is 1. The molecule has 0 amide bonds. The van der Waals surface area contributed by atoms with Crippen LogP contribution in [0.5, 0.6) is 0 Å². The summed E-state index contributed by atoms with van der Waals surface area (Å²) in [6, 6.07) is 40.9. The van der Waals surface area contributed by atoms with E-state index in [4.69, 9.17) is 18.3 Å². The molecule has 49 heavy (non-hydrogen) atoms. The molecule has 2 fully saturated rings. The third kappa shape index (κ3) is 6.22. The van der Waals surface area contributed by atoms with E-state index < -0.39 is 63.8 Å². The van der Waals surface area contributed by atoms with E-state index in [1.165, 1.54) is 0 Å². The van der Waals surface area contributed by atoms with E-state index in [2.05, 4.69) is 90.1 Å².